The van der Waals surface area contributed by atoms with Gasteiger partial charge in [0.1, 0.15) is 17.3 Å². The summed E-state index contributed by atoms with van der Waals surface area (Å²) in [5.74, 6) is -0.196. The third-order valence-corrected chi connectivity index (χ3v) is 2.54. The zero-order chi connectivity index (χ0) is 11.9. The zero-order valence-corrected chi connectivity index (χ0v) is 10.0. The van der Waals surface area contributed by atoms with Crippen LogP contribution in [0.4, 0.5) is 0 Å². The quantitative estimate of drug-likeness (QED) is 0.727. The summed E-state index contributed by atoms with van der Waals surface area (Å²) in [5.41, 5.74) is 2.09. The van der Waals surface area contributed by atoms with E-state index in [1.807, 2.05) is 45.9 Å². The van der Waals surface area contributed by atoms with Crippen molar-refractivity contribution in [3.8, 4) is 0 Å². The fourth-order valence-corrected chi connectivity index (χ4v) is 1.53. The number of carbonyl (C=O) groups excluding carboxylic acids is 1. The molecular formula is C13H16O3. The van der Waals surface area contributed by atoms with Gasteiger partial charge in [-0.05, 0) is 45.9 Å². The molecule has 2 aromatic rings. The van der Waals surface area contributed by atoms with Gasteiger partial charge in [0.25, 0.3) is 0 Å². The minimum absolute atomic E-state index is 0.196. The minimum Gasteiger partial charge on any atom is -0.457 e. The first-order valence-electron chi connectivity index (χ1n) is 5.41. The van der Waals surface area contributed by atoms with Crippen molar-refractivity contribution in [1.82, 2.24) is 0 Å². The fourth-order valence-electron chi connectivity index (χ4n) is 1.53. The van der Waals surface area contributed by atoms with Gasteiger partial charge in [-0.3, -0.25) is 4.79 Å². The van der Waals surface area contributed by atoms with E-state index in [-0.39, 0.29) is 12.1 Å². The van der Waals surface area contributed by atoms with Crippen molar-refractivity contribution < 1.29 is 13.9 Å². The van der Waals surface area contributed by atoms with Crippen LogP contribution in [-0.2, 0) is 9.53 Å². The van der Waals surface area contributed by atoms with Gasteiger partial charge in [-0.25, -0.2) is 0 Å². The van der Waals surface area contributed by atoms with Crippen LogP contribution in [0.1, 0.15) is 39.4 Å². The van der Waals surface area contributed by atoms with Gasteiger partial charge in [-0.1, -0.05) is 0 Å². The lowest BCUT2D eigenvalue weighted by Gasteiger charge is -2.20. The van der Waals surface area contributed by atoms with E-state index in [1.165, 1.54) is 0 Å². The third-order valence-electron chi connectivity index (χ3n) is 2.54. The Labute approximate surface area is 94.7 Å². The van der Waals surface area contributed by atoms with Crippen molar-refractivity contribution in [2.45, 2.75) is 33.8 Å². The molecule has 0 saturated heterocycles. The summed E-state index contributed by atoms with van der Waals surface area (Å²) < 4.78 is 10.8. The second kappa shape index (κ2) is 3.51. The molecule has 2 bridgehead atoms. The molecule has 0 N–H and O–H groups in total. The van der Waals surface area contributed by atoms with Crippen LogP contribution in [0, 0.1) is 5.41 Å². The van der Waals surface area contributed by atoms with Gasteiger partial charge < -0.3 is 9.15 Å². The van der Waals surface area contributed by atoms with Gasteiger partial charge in [-0.15, -0.1) is 0 Å². The molecule has 1 unspecified atom stereocenters. The van der Waals surface area contributed by atoms with Gasteiger partial charge in [-0.2, -0.15) is 0 Å². The molecule has 0 amide bonds. The summed E-state index contributed by atoms with van der Waals surface area (Å²) in [4.78, 5) is 11.7. The van der Waals surface area contributed by atoms with Crippen molar-refractivity contribution in [1.29, 1.82) is 0 Å². The van der Waals surface area contributed by atoms with Gasteiger partial charge in [0, 0.05) is 5.56 Å². The normalized spacial score (nSPS) is 14.2. The Kier molecular flexibility index (Phi) is 2.41. The van der Waals surface area contributed by atoms with E-state index in [2.05, 4.69) is 0 Å². The Bertz CT molecular complexity index is 490. The van der Waals surface area contributed by atoms with E-state index in [4.69, 9.17) is 9.15 Å². The number of furan rings is 2. The van der Waals surface area contributed by atoms with E-state index in [0.29, 0.717) is 0 Å². The van der Waals surface area contributed by atoms with Crippen LogP contribution >= 0.6 is 0 Å². The summed E-state index contributed by atoms with van der Waals surface area (Å²) in [6, 6.07) is 5.71. The lowest BCUT2D eigenvalue weighted by Crippen LogP contribution is -2.24. The predicted octanol–water partition coefficient (Wildman–Crippen LogP) is 3.52. The maximum Gasteiger partial charge on any atom is 0.311 e. The van der Waals surface area contributed by atoms with Crippen molar-refractivity contribution in [3.63, 3.8) is 0 Å². The summed E-state index contributed by atoms with van der Waals surface area (Å²) in [5, 5.41) is 0. The largest absolute Gasteiger partial charge is 0.457 e. The highest BCUT2D eigenvalue weighted by Crippen LogP contribution is 2.30. The molecule has 2 aromatic heterocycles. The molecule has 2 heterocycles. The van der Waals surface area contributed by atoms with E-state index < -0.39 is 5.41 Å². The number of benzene rings is 1. The average molecular weight is 220 g/mol. The first-order valence-corrected chi connectivity index (χ1v) is 5.41. The fraction of sp³-hybridized carbons (Fsp3) is 0.462. The summed E-state index contributed by atoms with van der Waals surface area (Å²) in [6.45, 7) is 7.39. The van der Waals surface area contributed by atoms with Crippen LogP contribution in [0.25, 0.3) is 11.2 Å². The predicted molar refractivity (Wildman–Crippen MR) is 61.4 cm³/mol. The van der Waals surface area contributed by atoms with Gasteiger partial charge in [0.05, 0.1) is 5.41 Å². The molecule has 0 aliphatic carbocycles. The van der Waals surface area contributed by atoms with Crippen molar-refractivity contribution in [2.24, 2.45) is 5.41 Å². The molecule has 0 saturated carbocycles. The molecule has 3 heteroatoms. The van der Waals surface area contributed by atoms with Crippen LogP contribution in [0.2, 0.25) is 0 Å². The van der Waals surface area contributed by atoms with Crippen LogP contribution < -0.4 is 0 Å². The number of hydrogen-bond acceptors (Lipinski definition) is 3. The topological polar surface area (TPSA) is 39.4 Å². The molecule has 3 nitrogen and oxygen atoms in total. The highest BCUT2D eigenvalue weighted by molar-refractivity contribution is 5.76. The van der Waals surface area contributed by atoms with Crippen molar-refractivity contribution in [3.05, 3.63) is 23.8 Å². The standard InChI is InChI=1S/C13H16O3/c1-8(15-12(14)13(2,3)4)10-7-9-5-6-11(10)16-9/h5-8H,1-4H3. The molecule has 0 fully saturated rings. The van der Waals surface area contributed by atoms with E-state index in [9.17, 15) is 4.79 Å². The number of esters is 1. The summed E-state index contributed by atoms with van der Waals surface area (Å²) in [7, 11) is 0. The number of hydrogen-bond donors (Lipinski definition) is 0. The minimum atomic E-state index is -0.471. The number of rotatable bonds is 2. The van der Waals surface area contributed by atoms with Crippen LogP contribution in [0.15, 0.2) is 22.6 Å². The van der Waals surface area contributed by atoms with Crippen molar-refractivity contribution in [2.75, 3.05) is 0 Å². The lowest BCUT2D eigenvalue weighted by molar-refractivity contribution is -0.158. The molecule has 2 rings (SSSR count). The summed E-state index contributed by atoms with van der Waals surface area (Å²) in [6.07, 6.45) is -0.260. The molecule has 0 aliphatic rings. The zero-order valence-electron chi connectivity index (χ0n) is 10.0. The van der Waals surface area contributed by atoms with Gasteiger partial charge in [0.15, 0.2) is 0 Å². The maximum absolute atomic E-state index is 11.7. The second-order valence-electron chi connectivity index (χ2n) is 5.10. The Morgan fingerprint density at radius 2 is 2.06 bits per heavy atom. The van der Waals surface area contributed by atoms with Gasteiger partial charge >= 0.3 is 5.97 Å². The third kappa shape index (κ3) is 1.90. The first kappa shape index (κ1) is 11.0. The van der Waals surface area contributed by atoms with Crippen molar-refractivity contribution >= 4 is 17.1 Å². The molecule has 86 valence electrons. The smallest absolute Gasteiger partial charge is 0.311 e. The maximum atomic E-state index is 11.7. The number of fused-ring (bicyclic) bond motifs is 2. The SMILES string of the molecule is CC(OC(=O)C(C)(C)C)c1cc2ccc1o2. The number of ether oxygens (including phenoxy) is 1. The Hall–Kier alpha value is -1.51. The summed E-state index contributed by atoms with van der Waals surface area (Å²) >= 11 is 0. The highest BCUT2D eigenvalue weighted by atomic mass is 16.5. The highest BCUT2D eigenvalue weighted by Gasteiger charge is 2.26. The Balaban J connectivity index is 2.12. The first-order chi connectivity index (χ1) is 7.38. The average Bonchev–Trinajstić information content (AvgIpc) is 2.76. The molecule has 0 aromatic carbocycles. The van der Waals surface area contributed by atoms with E-state index in [1.54, 1.807) is 0 Å². The van der Waals surface area contributed by atoms with E-state index in [0.717, 1.165) is 16.7 Å². The Morgan fingerprint density at radius 3 is 2.50 bits per heavy atom. The molecule has 0 spiro atoms. The molecule has 1 atom stereocenters. The van der Waals surface area contributed by atoms with Crippen LogP contribution in [0.3, 0.4) is 0 Å². The molecular weight excluding hydrogens is 204 g/mol. The second-order valence-corrected chi connectivity index (χ2v) is 5.10. The van der Waals surface area contributed by atoms with Gasteiger partial charge in [0.2, 0.25) is 0 Å². The van der Waals surface area contributed by atoms with Crippen LogP contribution in [-0.4, -0.2) is 5.97 Å². The molecule has 0 aliphatic heterocycles. The van der Waals surface area contributed by atoms with E-state index >= 15 is 0 Å². The molecule has 0 radical (unpaired) electrons. The Morgan fingerprint density at radius 1 is 1.38 bits per heavy atom. The monoisotopic (exact) mass is 220 g/mol. The number of carbonyl (C=O) groups is 1. The van der Waals surface area contributed by atoms with Crippen LogP contribution in [0.5, 0.6) is 0 Å². The lowest BCUT2D eigenvalue weighted by atomic mass is 9.97. The molecule has 16 heavy (non-hydrogen) atoms.